The van der Waals surface area contributed by atoms with Gasteiger partial charge >= 0.3 is 0 Å². The highest BCUT2D eigenvalue weighted by molar-refractivity contribution is 6.03. The molecule has 6 heteroatoms. The molecule has 4 aromatic rings. The molecule has 0 aliphatic rings. The maximum absolute atomic E-state index is 12.9. The normalized spacial score (nSPS) is 10.6. The quantitative estimate of drug-likeness (QED) is 0.561. The summed E-state index contributed by atoms with van der Waals surface area (Å²) in [6, 6.07) is 22.2. The molecule has 0 bridgehead atoms. The number of carbonyl (C=O) groups excluding carboxylic acids is 1. The highest BCUT2D eigenvalue weighted by Crippen LogP contribution is 2.31. The fraction of sp³-hybridized carbons (Fsp3) is 0.0455. The van der Waals surface area contributed by atoms with Crippen molar-refractivity contribution >= 4 is 5.91 Å². The molecule has 0 saturated heterocycles. The van der Waals surface area contributed by atoms with Crippen LogP contribution >= 0.6 is 0 Å². The Morgan fingerprint density at radius 3 is 2.25 bits per heavy atom. The maximum atomic E-state index is 12.9. The fourth-order valence-corrected chi connectivity index (χ4v) is 3.03. The van der Waals surface area contributed by atoms with Crippen LogP contribution in [-0.4, -0.2) is 16.1 Å². The maximum Gasteiger partial charge on any atom is 0.277 e. The van der Waals surface area contributed by atoms with Crippen LogP contribution in [0, 0.1) is 0 Å². The van der Waals surface area contributed by atoms with Gasteiger partial charge in [-0.2, -0.15) is 5.10 Å². The number of furan rings is 1. The molecule has 0 radical (unpaired) electrons. The number of carbonyl (C=O) groups is 1. The van der Waals surface area contributed by atoms with E-state index in [0.29, 0.717) is 17.0 Å². The number of hydrogen-bond acceptors (Lipinski definition) is 4. The highest BCUT2D eigenvalue weighted by atomic mass is 16.3. The molecule has 28 heavy (non-hydrogen) atoms. The first-order valence-corrected chi connectivity index (χ1v) is 8.78. The molecular weight excluding hydrogens is 354 g/mol. The number of benzene rings is 2. The van der Waals surface area contributed by atoms with Crippen LogP contribution in [-0.2, 0) is 6.54 Å². The number of aromatic amines is 1. The van der Waals surface area contributed by atoms with E-state index in [2.05, 4.69) is 15.5 Å². The lowest BCUT2D eigenvalue weighted by atomic mass is 9.95. The van der Waals surface area contributed by atoms with Crippen molar-refractivity contribution in [3.63, 3.8) is 0 Å². The van der Waals surface area contributed by atoms with Crippen molar-refractivity contribution in [2.24, 2.45) is 0 Å². The molecule has 2 aromatic carbocycles. The highest BCUT2D eigenvalue weighted by Gasteiger charge is 2.22. The second-order valence-corrected chi connectivity index (χ2v) is 6.15. The third kappa shape index (κ3) is 3.48. The van der Waals surface area contributed by atoms with E-state index < -0.39 is 11.5 Å². The molecule has 4 rings (SSSR count). The van der Waals surface area contributed by atoms with Crippen LogP contribution in [0.3, 0.4) is 0 Å². The average Bonchev–Trinajstić information content (AvgIpc) is 3.27. The number of hydrogen-bond donors (Lipinski definition) is 2. The van der Waals surface area contributed by atoms with Gasteiger partial charge in [0.1, 0.15) is 11.3 Å². The average molecular weight is 371 g/mol. The predicted octanol–water partition coefficient (Wildman–Crippen LogP) is 3.63. The second kappa shape index (κ2) is 7.75. The summed E-state index contributed by atoms with van der Waals surface area (Å²) < 4.78 is 5.24. The Morgan fingerprint density at radius 2 is 1.61 bits per heavy atom. The molecule has 0 unspecified atom stereocenters. The van der Waals surface area contributed by atoms with Crippen molar-refractivity contribution in [3.8, 4) is 22.4 Å². The molecule has 0 aliphatic heterocycles. The van der Waals surface area contributed by atoms with Crippen LogP contribution in [0.5, 0.6) is 0 Å². The summed E-state index contributed by atoms with van der Waals surface area (Å²) in [5, 5.41) is 9.45. The Bertz CT molecular complexity index is 1130. The summed E-state index contributed by atoms with van der Waals surface area (Å²) in [6.45, 7) is 0.183. The van der Waals surface area contributed by atoms with E-state index in [4.69, 9.17) is 4.42 Å². The lowest BCUT2D eigenvalue weighted by Crippen LogP contribution is -2.31. The molecule has 1 amide bonds. The summed E-state index contributed by atoms with van der Waals surface area (Å²) in [5.74, 6) is 0.111. The molecule has 0 aliphatic carbocycles. The van der Waals surface area contributed by atoms with Gasteiger partial charge in [0, 0.05) is 11.1 Å². The lowest BCUT2D eigenvalue weighted by molar-refractivity contribution is 0.0947. The first-order valence-electron chi connectivity index (χ1n) is 8.78. The van der Waals surface area contributed by atoms with Gasteiger partial charge in [-0.1, -0.05) is 60.7 Å². The number of H-pyrrole nitrogens is 1. The van der Waals surface area contributed by atoms with E-state index in [0.717, 1.165) is 11.1 Å². The molecule has 2 aromatic heterocycles. The largest absolute Gasteiger partial charge is 0.467 e. The molecule has 0 atom stereocenters. The van der Waals surface area contributed by atoms with E-state index >= 15 is 0 Å². The number of aromatic nitrogens is 2. The van der Waals surface area contributed by atoms with Crippen LogP contribution < -0.4 is 10.9 Å². The number of amides is 1. The molecule has 0 fully saturated rings. The van der Waals surface area contributed by atoms with Gasteiger partial charge in [0.2, 0.25) is 0 Å². The van der Waals surface area contributed by atoms with Gasteiger partial charge in [-0.3, -0.25) is 9.59 Å². The van der Waals surface area contributed by atoms with Gasteiger partial charge in [-0.05, 0) is 17.7 Å². The van der Waals surface area contributed by atoms with Gasteiger partial charge < -0.3 is 9.73 Å². The predicted molar refractivity (Wildman–Crippen MR) is 106 cm³/mol. The SMILES string of the molecule is O=C(NCc1ccco1)c1c(-c2ccccc2)c(-c2ccccc2)n[nH]c1=O. The topological polar surface area (TPSA) is 88.0 Å². The zero-order valence-electron chi connectivity index (χ0n) is 14.9. The second-order valence-electron chi connectivity index (χ2n) is 6.15. The Kier molecular flexibility index (Phi) is 4.84. The Balaban J connectivity index is 1.85. The third-order valence-electron chi connectivity index (χ3n) is 4.32. The Morgan fingerprint density at radius 1 is 0.929 bits per heavy atom. The number of nitrogens with one attached hydrogen (secondary N) is 2. The lowest BCUT2D eigenvalue weighted by Gasteiger charge is -2.13. The first kappa shape index (κ1) is 17.5. The van der Waals surface area contributed by atoms with Gasteiger partial charge in [0.25, 0.3) is 11.5 Å². The van der Waals surface area contributed by atoms with Crippen molar-refractivity contribution in [2.75, 3.05) is 0 Å². The Hall–Kier alpha value is -3.93. The molecule has 6 nitrogen and oxygen atoms in total. The molecule has 2 heterocycles. The molecular formula is C22H17N3O3. The van der Waals surface area contributed by atoms with E-state index in [1.54, 1.807) is 12.1 Å². The van der Waals surface area contributed by atoms with Crippen LogP contribution in [0.15, 0.2) is 88.3 Å². The summed E-state index contributed by atoms with van der Waals surface area (Å²) in [4.78, 5) is 25.5. The van der Waals surface area contributed by atoms with E-state index in [9.17, 15) is 9.59 Å². The Labute approximate surface area is 160 Å². The number of nitrogens with zero attached hydrogens (tertiary/aromatic N) is 1. The van der Waals surface area contributed by atoms with Crippen molar-refractivity contribution in [3.05, 3.63) is 101 Å². The molecule has 0 spiro atoms. The van der Waals surface area contributed by atoms with Crippen molar-refractivity contribution in [1.29, 1.82) is 0 Å². The monoisotopic (exact) mass is 371 g/mol. The summed E-state index contributed by atoms with van der Waals surface area (Å²) in [7, 11) is 0. The van der Waals surface area contributed by atoms with Gasteiger partial charge in [-0.15, -0.1) is 0 Å². The van der Waals surface area contributed by atoms with E-state index in [1.807, 2.05) is 60.7 Å². The van der Waals surface area contributed by atoms with E-state index in [-0.39, 0.29) is 12.1 Å². The van der Waals surface area contributed by atoms with Gasteiger partial charge in [0.15, 0.2) is 0 Å². The first-order chi connectivity index (χ1) is 13.7. The molecule has 0 saturated carbocycles. The number of rotatable bonds is 5. The third-order valence-corrected chi connectivity index (χ3v) is 4.32. The minimum atomic E-state index is -0.546. The smallest absolute Gasteiger partial charge is 0.277 e. The zero-order valence-corrected chi connectivity index (χ0v) is 14.9. The zero-order chi connectivity index (χ0) is 19.3. The minimum absolute atomic E-state index is 0.0200. The van der Waals surface area contributed by atoms with Crippen molar-refractivity contribution < 1.29 is 9.21 Å². The fourth-order valence-electron chi connectivity index (χ4n) is 3.03. The van der Waals surface area contributed by atoms with Crippen molar-refractivity contribution in [2.45, 2.75) is 6.54 Å². The summed E-state index contributed by atoms with van der Waals surface area (Å²) in [6.07, 6.45) is 1.53. The summed E-state index contributed by atoms with van der Waals surface area (Å²) >= 11 is 0. The molecule has 2 N–H and O–H groups in total. The van der Waals surface area contributed by atoms with Crippen LogP contribution in [0.4, 0.5) is 0 Å². The van der Waals surface area contributed by atoms with Crippen LogP contribution in [0.25, 0.3) is 22.4 Å². The van der Waals surface area contributed by atoms with Crippen LogP contribution in [0.2, 0.25) is 0 Å². The van der Waals surface area contributed by atoms with Crippen LogP contribution in [0.1, 0.15) is 16.1 Å². The van der Waals surface area contributed by atoms with Gasteiger partial charge in [0.05, 0.1) is 18.5 Å². The minimum Gasteiger partial charge on any atom is -0.467 e. The summed E-state index contributed by atoms with van der Waals surface area (Å²) in [5.41, 5.74) is 2.05. The van der Waals surface area contributed by atoms with Gasteiger partial charge in [-0.25, -0.2) is 5.10 Å². The standard InChI is InChI=1S/C22H17N3O3/c26-21(23-14-17-12-7-13-28-17)19-18(15-8-3-1-4-9-15)20(24-25-22(19)27)16-10-5-2-6-11-16/h1-13H,14H2,(H,23,26)(H,25,27). The molecule has 138 valence electrons. The van der Waals surface area contributed by atoms with E-state index in [1.165, 1.54) is 6.26 Å². The van der Waals surface area contributed by atoms with Crippen molar-refractivity contribution in [1.82, 2.24) is 15.5 Å².